The van der Waals surface area contributed by atoms with E-state index in [1.807, 2.05) is 12.1 Å². The van der Waals surface area contributed by atoms with Crippen LogP contribution in [-0.4, -0.2) is 18.2 Å². The summed E-state index contributed by atoms with van der Waals surface area (Å²) in [4.78, 5) is 0. The van der Waals surface area contributed by atoms with Gasteiger partial charge < -0.3 is 10.4 Å². The van der Waals surface area contributed by atoms with Gasteiger partial charge in [-0.05, 0) is 61.9 Å². The maximum Gasteiger partial charge on any atom is 0.115 e. The van der Waals surface area contributed by atoms with E-state index in [4.69, 9.17) is 0 Å². The van der Waals surface area contributed by atoms with Crippen LogP contribution < -0.4 is 5.32 Å². The van der Waals surface area contributed by atoms with Crippen molar-refractivity contribution in [3.63, 3.8) is 0 Å². The lowest BCUT2D eigenvalue weighted by atomic mass is 9.83. The van der Waals surface area contributed by atoms with Gasteiger partial charge in [0.05, 0.1) is 0 Å². The summed E-state index contributed by atoms with van der Waals surface area (Å²) < 4.78 is 0. The number of rotatable bonds is 5. The summed E-state index contributed by atoms with van der Waals surface area (Å²) in [5.41, 5.74) is 1.29. The second-order valence-corrected chi connectivity index (χ2v) is 5.75. The quantitative estimate of drug-likeness (QED) is 0.782. The molecule has 100 valence electrons. The highest BCUT2D eigenvalue weighted by molar-refractivity contribution is 5.25. The molecule has 2 rings (SSSR count). The van der Waals surface area contributed by atoms with Gasteiger partial charge in [-0.3, -0.25) is 0 Å². The maximum absolute atomic E-state index is 9.20. The van der Waals surface area contributed by atoms with E-state index in [2.05, 4.69) is 12.2 Å². The molecule has 0 aliphatic heterocycles. The Morgan fingerprint density at radius 3 is 2.44 bits per heavy atom. The van der Waals surface area contributed by atoms with Gasteiger partial charge in [-0.2, -0.15) is 0 Å². The van der Waals surface area contributed by atoms with E-state index in [0.717, 1.165) is 24.8 Å². The Bertz CT molecular complexity index is 339. The van der Waals surface area contributed by atoms with Crippen LogP contribution in [0.2, 0.25) is 0 Å². The first kappa shape index (κ1) is 13.4. The van der Waals surface area contributed by atoms with Crippen LogP contribution in [-0.2, 0) is 6.42 Å². The molecular formula is C16H25NO. The highest BCUT2D eigenvalue weighted by Gasteiger charge is 2.17. The third kappa shape index (κ3) is 4.34. The van der Waals surface area contributed by atoms with Crippen LogP contribution >= 0.6 is 0 Å². The third-order valence-electron chi connectivity index (χ3n) is 4.10. The minimum Gasteiger partial charge on any atom is -0.508 e. The van der Waals surface area contributed by atoms with Crippen LogP contribution in [0.4, 0.5) is 0 Å². The molecule has 1 aliphatic rings. The lowest BCUT2D eigenvalue weighted by Gasteiger charge is -2.26. The number of benzene rings is 1. The van der Waals surface area contributed by atoms with Crippen LogP contribution in [0.1, 0.15) is 38.2 Å². The molecule has 0 spiro atoms. The highest BCUT2D eigenvalue weighted by Crippen LogP contribution is 2.27. The number of aromatic hydroxyl groups is 1. The Labute approximate surface area is 110 Å². The Balaban J connectivity index is 1.60. The lowest BCUT2D eigenvalue weighted by molar-refractivity contribution is 0.282. The second kappa shape index (κ2) is 6.79. The minimum absolute atomic E-state index is 0.350. The van der Waals surface area contributed by atoms with Gasteiger partial charge in [0.1, 0.15) is 5.75 Å². The summed E-state index contributed by atoms with van der Waals surface area (Å²) in [5.74, 6) is 2.18. The number of hydrogen-bond donors (Lipinski definition) is 2. The average Bonchev–Trinajstić information content (AvgIpc) is 2.39. The minimum atomic E-state index is 0.350. The molecule has 0 atom stereocenters. The summed E-state index contributed by atoms with van der Waals surface area (Å²) in [6, 6.07) is 7.52. The van der Waals surface area contributed by atoms with Crippen LogP contribution in [0, 0.1) is 11.8 Å². The van der Waals surface area contributed by atoms with Crippen LogP contribution in [0.5, 0.6) is 5.75 Å². The zero-order chi connectivity index (χ0) is 12.8. The van der Waals surface area contributed by atoms with Gasteiger partial charge in [0.15, 0.2) is 0 Å². The first-order valence-corrected chi connectivity index (χ1v) is 7.22. The monoisotopic (exact) mass is 247 g/mol. The highest BCUT2D eigenvalue weighted by atomic mass is 16.3. The zero-order valence-corrected chi connectivity index (χ0v) is 11.4. The number of hydrogen-bond acceptors (Lipinski definition) is 2. The second-order valence-electron chi connectivity index (χ2n) is 5.75. The van der Waals surface area contributed by atoms with Crippen molar-refractivity contribution in [2.45, 2.75) is 39.0 Å². The van der Waals surface area contributed by atoms with Crippen LogP contribution in [0.3, 0.4) is 0 Å². The molecule has 0 aromatic heterocycles. The molecule has 0 heterocycles. The van der Waals surface area contributed by atoms with Crippen molar-refractivity contribution >= 4 is 0 Å². The molecular weight excluding hydrogens is 222 g/mol. The van der Waals surface area contributed by atoms with Gasteiger partial charge in [-0.25, -0.2) is 0 Å². The first-order chi connectivity index (χ1) is 8.74. The first-order valence-electron chi connectivity index (χ1n) is 7.22. The van der Waals surface area contributed by atoms with Gasteiger partial charge in [-0.15, -0.1) is 0 Å². The van der Waals surface area contributed by atoms with Gasteiger partial charge >= 0.3 is 0 Å². The van der Waals surface area contributed by atoms with Crippen molar-refractivity contribution in [3.8, 4) is 5.75 Å². The van der Waals surface area contributed by atoms with Crippen LogP contribution in [0.15, 0.2) is 24.3 Å². The molecule has 1 saturated carbocycles. The number of nitrogens with one attached hydrogen (secondary N) is 1. The standard InChI is InChI=1S/C16H25NO/c1-13-2-4-15(5-3-13)12-17-11-10-14-6-8-16(18)9-7-14/h6-9,13,15,17-18H,2-5,10-12H2,1H3. The summed E-state index contributed by atoms with van der Waals surface area (Å²) >= 11 is 0. The van der Waals surface area contributed by atoms with E-state index in [1.54, 1.807) is 12.1 Å². The molecule has 1 aromatic carbocycles. The fourth-order valence-corrected chi connectivity index (χ4v) is 2.73. The Hall–Kier alpha value is -1.02. The van der Waals surface area contributed by atoms with Gasteiger partial charge in [0.2, 0.25) is 0 Å². The normalized spacial score (nSPS) is 24.1. The Kier molecular flexibility index (Phi) is 5.06. The SMILES string of the molecule is CC1CCC(CNCCc2ccc(O)cc2)CC1. The lowest BCUT2D eigenvalue weighted by Crippen LogP contribution is -2.27. The van der Waals surface area contributed by atoms with E-state index in [0.29, 0.717) is 5.75 Å². The van der Waals surface area contributed by atoms with Crippen molar-refractivity contribution < 1.29 is 5.11 Å². The van der Waals surface area contributed by atoms with Crippen LogP contribution in [0.25, 0.3) is 0 Å². The van der Waals surface area contributed by atoms with E-state index >= 15 is 0 Å². The van der Waals surface area contributed by atoms with E-state index in [1.165, 1.54) is 37.8 Å². The molecule has 0 saturated heterocycles. The van der Waals surface area contributed by atoms with E-state index < -0.39 is 0 Å². The Morgan fingerprint density at radius 1 is 1.11 bits per heavy atom. The molecule has 1 fully saturated rings. The fourth-order valence-electron chi connectivity index (χ4n) is 2.73. The van der Waals surface area contributed by atoms with E-state index in [9.17, 15) is 5.11 Å². The predicted molar refractivity (Wildman–Crippen MR) is 75.8 cm³/mol. The molecule has 2 nitrogen and oxygen atoms in total. The molecule has 0 radical (unpaired) electrons. The molecule has 2 N–H and O–H groups in total. The summed E-state index contributed by atoms with van der Waals surface area (Å²) in [6.45, 7) is 4.58. The number of phenolic OH excluding ortho intramolecular Hbond substituents is 1. The van der Waals surface area contributed by atoms with Crippen molar-refractivity contribution in [1.82, 2.24) is 5.32 Å². The van der Waals surface area contributed by atoms with Crippen molar-refractivity contribution in [2.24, 2.45) is 11.8 Å². The van der Waals surface area contributed by atoms with Gasteiger partial charge in [0.25, 0.3) is 0 Å². The third-order valence-corrected chi connectivity index (χ3v) is 4.10. The molecule has 18 heavy (non-hydrogen) atoms. The molecule has 0 bridgehead atoms. The summed E-state index contributed by atoms with van der Waals surface area (Å²) in [5, 5.41) is 12.8. The predicted octanol–water partition coefficient (Wildman–Crippen LogP) is 3.35. The van der Waals surface area contributed by atoms with Gasteiger partial charge in [0, 0.05) is 0 Å². The zero-order valence-electron chi connectivity index (χ0n) is 11.4. The smallest absolute Gasteiger partial charge is 0.115 e. The van der Waals surface area contributed by atoms with Crippen molar-refractivity contribution in [1.29, 1.82) is 0 Å². The Morgan fingerprint density at radius 2 is 1.78 bits per heavy atom. The summed E-state index contributed by atoms with van der Waals surface area (Å²) in [7, 11) is 0. The molecule has 0 unspecified atom stereocenters. The average molecular weight is 247 g/mol. The molecule has 1 aliphatic carbocycles. The largest absolute Gasteiger partial charge is 0.508 e. The van der Waals surface area contributed by atoms with E-state index in [-0.39, 0.29) is 0 Å². The number of phenols is 1. The molecule has 2 heteroatoms. The van der Waals surface area contributed by atoms with Crippen molar-refractivity contribution in [2.75, 3.05) is 13.1 Å². The van der Waals surface area contributed by atoms with Crippen molar-refractivity contribution in [3.05, 3.63) is 29.8 Å². The maximum atomic E-state index is 9.20. The fraction of sp³-hybridized carbons (Fsp3) is 0.625. The molecule has 1 aromatic rings. The topological polar surface area (TPSA) is 32.3 Å². The summed E-state index contributed by atoms with van der Waals surface area (Å²) in [6.07, 6.45) is 6.65. The van der Waals surface area contributed by atoms with Gasteiger partial charge in [-0.1, -0.05) is 31.9 Å². The molecule has 0 amide bonds.